The number of hydrogen-bond acceptors (Lipinski definition) is 0. The number of rotatable bonds is 2. The second-order valence-electron chi connectivity index (χ2n) is 2.77. The van der Waals surface area contributed by atoms with Gasteiger partial charge in [0.1, 0.15) is 5.82 Å². The molecule has 0 aliphatic carbocycles. The first-order valence-electron chi connectivity index (χ1n) is 3.93. The van der Waals surface area contributed by atoms with Gasteiger partial charge in [0.15, 0.2) is 0 Å². The Hall–Kier alpha value is -0.560. The highest BCUT2D eigenvalue weighted by molar-refractivity contribution is 6.31. The van der Waals surface area contributed by atoms with Crippen molar-refractivity contribution < 1.29 is 4.39 Å². The first-order valence-corrected chi connectivity index (χ1v) is 4.31. The average molecular weight is 186 g/mol. The summed E-state index contributed by atoms with van der Waals surface area (Å²) in [5.74, 6) is -0.176. The lowest BCUT2D eigenvalue weighted by Gasteiger charge is -2.10. The molecular weight excluding hydrogens is 175 g/mol. The first-order chi connectivity index (χ1) is 5.65. The Morgan fingerprint density at radius 2 is 2.25 bits per heavy atom. The van der Waals surface area contributed by atoms with E-state index in [-0.39, 0.29) is 11.7 Å². The van der Waals surface area contributed by atoms with Crippen molar-refractivity contribution in [2.24, 2.45) is 0 Å². The van der Waals surface area contributed by atoms with Crippen molar-refractivity contribution in [2.45, 2.75) is 19.3 Å². The zero-order valence-corrected chi connectivity index (χ0v) is 7.74. The first kappa shape index (κ1) is 9.53. The van der Waals surface area contributed by atoms with E-state index < -0.39 is 0 Å². The number of hydrogen-bond donors (Lipinski definition) is 0. The van der Waals surface area contributed by atoms with Crippen molar-refractivity contribution in [3.63, 3.8) is 0 Å². The third kappa shape index (κ3) is 1.98. The van der Waals surface area contributed by atoms with Crippen LogP contribution in [0.2, 0.25) is 5.02 Å². The second-order valence-corrected chi connectivity index (χ2v) is 3.18. The maximum atomic E-state index is 12.8. The van der Waals surface area contributed by atoms with Crippen LogP contribution in [0, 0.1) is 12.7 Å². The van der Waals surface area contributed by atoms with Crippen molar-refractivity contribution in [1.82, 2.24) is 0 Å². The van der Waals surface area contributed by atoms with Gasteiger partial charge in [-0.15, -0.1) is 0 Å². The molecule has 0 saturated carbocycles. The van der Waals surface area contributed by atoms with Gasteiger partial charge in [-0.1, -0.05) is 18.5 Å². The molecule has 1 unspecified atom stereocenters. The molecule has 0 aliphatic heterocycles. The lowest BCUT2D eigenvalue weighted by atomic mass is 9.99. The molecule has 0 N–H and O–H groups in total. The van der Waals surface area contributed by atoms with Crippen LogP contribution in [0.25, 0.3) is 0 Å². The van der Waals surface area contributed by atoms with E-state index >= 15 is 0 Å². The predicted octanol–water partition coefficient (Wildman–Crippen LogP) is 3.81. The van der Waals surface area contributed by atoms with Crippen LogP contribution < -0.4 is 0 Å². The normalized spacial score (nSPS) is 13.0. The molecule has 0 fully saturated rings. The Balaban J connectivity index is 3.04. The SMILES string of the molecule is [CH2]C(CC)c1cc(F)ccc1Cl. The molecule has 1 rings (SSSR count). The third-order valence-corrected chi connectivity index (χ3v) is 2.23. The standard InChI is InChI=1S/C10H11ClF/c1-3-7(2)9-6-8(12)4-5-10(9)11/h4-7H,2-3H2,1H3. The third-order valence-electron chi connectivity index (χ3n) is 1.89. The van der Waals surface area contributed by atoms with E-state index in [1.165, 1.54) is 12.1 Å². The molecule has 1 aromatic rings. The highest BCUT2D eigenvalue weighted by Gasteiger charge is 2.08. The Kier molecular flexibility index (Phi) is 3.10. The van der Waals surface area contributed by atoms with E-state index in [9.17, 15) is 4.39 Å². The van der Waals surface area contributed by atoms with Crippen LogP contribution >= 0.6 is 11.6 Å². The maximum absolute atomic E-state index is 12.8. The van der Waals surface area contributed by atoms with Gasteiger partial charge in [0.2, 0.25) is 0 Å². The van der Waals surface area contributed by atoms with Crippen LogP contribution in [0.1, 0.15) is 24.8 Å². The Labute approximate surface area is 77.4 Å². The van der Waals surface area contributed by atoms with Crippen molar-refractivity contribution in [2.75, 3.05) is 0 Å². The van der Waals surface area contributed by atoms with Crippen LogP contribution in [0.4, 0.5) is 4.39 Å². The fourth-order valence-electron chi connectivity index (χ4n) is 1.05. The number of benzene rings is 1. The zero-order chi connectivity index (χ0) is 9.14. The second kappa shape index (κ2) is 3.90. The Morgan fingerprint density at radius 1 is 1.58 bits per heavy atom. The summed E-state index contributed by atoms with van der Waals surface area (Å²) in [7, 11) is 0. The van der Waals surface area contributed by atoms with Gasteiger partial charge in [-0.2, -0.15) is 0 Å². The smallest absolute Gasteiger partial charge is 0.123 e. The molecule has 0 amide bonds. The zero-order valence-electron chi connectivity index (χ0n) is 6.98. The molecule has 2 heteroatoms. The average Bonchev–Trinajstić information content (AvgIpc) is 2.08. The highest BCUT2D eigenvalue weighted by atomic mass is 35.5. The minimum atomic E-state index is -0.253. The molecule has 0 aromatic heterocycles. The molecule has 0 aliphatic rings. The van der Waals surface area contributed by atoms with Gasteiger partial charge in [-0.05, 0) is 43.0 Å². The molecule has 0 heterocycles. The summed E-state index contributed by atoms with van der Waals surface area (Å²) >= 11 is 5.86. The molecule has 1 aromatic carbocycles. The van der Waals surface area contributed by atoms with Gasteiger partial charge in [0, 0.05) is 5.02 Å². The summed E-state index contributed by atoms with van der Waals surface area (Å²) in [6.45, 7) is 5.88. The van der Waals surface area contributed by atoms with E-state index in [0.29, 0.717) is 5.02 Å². The molecule has 1 atom stereocenters. The van der Waals surface area contributed by atoms with Crippen LogP contribution in [0.5, 0.6) is 0 Å². The van der Waals surface area contributed by atoms with Crippen molar-refractivity contribution in [1.29, 1.82) is 0 Å². The van der Waals surface area contributed by atoms with Crippen molar-refractivity contribution in [3.8, 4) is 0 Å². The fourth-order valence-corrected chi connectivity index (χ4v) is 1.32. The highest BCUT2D eigenvalue weighted by Crippen LogP contribution is 2.26. The molecule has 0 bridgehead atoms. The van der Waals surface area contributed by atoms with Crippen LogP contribution in [0.15, 0.2) is 18.2 Å². The Morgan fingerprint density at radius 3 is 2.83 bits per heavy atom. The largest absolute Gasteiger partial charge is 0.207 e. The van der Waals surface area contributed by atoms with Gasteiger partial charge in [0.25, 0.3) is 0 Å². The molecule has 1 radical (unpaired) electrons. The molecule has 0 saturated heterocycles. The summed E-state index contributed by atoms with van der Waals surface area (Å²) in [6.07, 6.45) is 0.864. The van der Waals surface area contributed by atoms with Gasteiger partial charge in [-0.3, -0.25) is 0 Å². The van der Waals surface area contributed by atoms with E-state index in [1.807, 2.05) is 6.92 Å². The molecule has 65 valence electrons. The molecular formula is C10H11ClF. The van der Waals surface area contributed by atoms with Crippen molar-refractivity contribution in [3.05, 3.63) is 41.5 Å². The monoisotopic (exact) mass is 185 g/mol. The molecule has 0 spiro atoms. The van der Waals surface area contributed by atoms with E-state index in [0.717, 1.165) is 12.0 Å². The fraction of sp³-hybridized carbons (Fsp3) is 0.300. The van der Waals surface area contributed by atoms with E-state index in [4.69, 9.17) is 11.6 Å². The Bertz CT molecular complexity index is 271. The van der Waals surface area contributed by atoms with Gasteiger partial charge in [-0.25, -0.2) is 4.39 Å². The summed E-state index contributed by atoms with van der Waals surface area (Å²) in [5.41, 5.74) is 0.791. The minimum Gasteiger partial charge on any atom is -0.207 e. The summed E-state index contributed by atoms with van der Waals surface area (Å²) in [5, 5.41) is 0.596. The lowest BCUT2D eigenvalue weighted by Crippen LogP contribution is -1.93. The maximum Gasteiger partial charge on any atom is 0.123 e. The van der Waals surface area contributed by atoms with Gasteiger partial charge < -0.3 is 0 Å². The summed E-state index contributed by atoms with van der Waals surface area (Å²) in [4.78, 5) is 0. The van der Waals surface area contributed by atoms with Gasteiger partial charge in [0.05, 0.1) is 0 Å². The molecule has 0 nitrogen and oxygen atoms in total. The topological polar surface area (TPSA) is 0 Å². The molecule has 12 heavy (non-hydrogen) atoms. The van der Waals surface area contributed by atoms with Crippen LogP contribution in [-0.2, 0) is 0 Å². The van der Waals surface area contributed by atoms with Crippen LogP contribution in [-0.4, -0.2) is 0 Å². The van der Waals surface area contributed by atoms with Crippen molar-refractivity contribution >= 4 is 11.6 Å². The lowest BCUT2D eigenvalue weighted by molar-refractivity contribution is 0.622. The summed E-state index contributed by atoms with van der Waals surface area (Å²) < 4.78 is 12.8. The van der Waals surface area contributed by atoms with Gasteiger partial charge >= 0.3 is 0 Å². The quantitative estimate of drug-likeness (QED) is 0.658. The predicted molar refractivity (Wildman–Crippen MR) is 49.8 cm³/mol. The number of halogens is 2. The van der Waals surface area contributed by atoms with E-state index in [1.54, 1.807) is 6.07 Å². The minimum absolute atomic E-state index is 0.0770. The van der Waals surface area contributed by atoms with Crippen LogP contribution in [0.3, 0.4) is 0 Å². The van der Waals surface area contributed by atoms with E-state index in [2.05, 4.69) is 6.92 Å². The summed E-state index contributed by atoms with van der Waals surface area (Å²) in [6, 6.07) is 4.37.